The third-order valence-electron chi connectivity index (χ3n) is 2.63. The Morgan fingerprint density at radius 3 is 2.53 bits per heavy atom. The van der Waals surface area contributed by atoms with Crippen molar-refractivity contribution in [3.63, 3.8) is 0 Å². The summed E-state index contributed by atoms with van der Waals surface area (Å²) < 4.78 is 30.3. The number of rotatable bonds is 3. The van der Waals surface area contributed by atoms with E-state index in [1.807, 2.05) is 24.3 Å². The van der Waals surface area contributed by atoms with Gasteiger partial charge in [-0.2, -0.15) is 8.78 Å². The lowest BCUT2D eigenvalue weighted by Gasteiger charge is -2.07. The lowest BCUT2D eigenvalue weighted by molar-refractivity contribution is -0.0494. The third kappa shape index (κ3) is 2.42. The molecule has 3 rings (SSSR count). The number of thiazole rings is 1. The monoisotopic (exact) mass is 277 g/mol. The molecule has 2 nitrogen and oxygen atoms in total. The number of nitrogens with zero attached hydrogens (tertiary/aromatic N) is 1. The number of hydrogen-bond donors (Lipinski definition) is 0. The van der Waals surface area contributed by atoms with Gasteiger partial charge in [-0.25, -0.2) is 4.98 Å². The van der Waals surface area contributed by atoms with Crippen molar-refractivity contribution in [1.82, 2.24) is 4.98 Å². The summed E-state index contributed by atoms with van der Waals surface area (Å²) >= 11 is 1.46. The van der Waals surface area contributed by atoms with Crippen molar-refractivity contribution in [2.75, 3.05) is 0 Å². The van der Waals surface area contributed by atoms with Crippen LogP contribution < -0.4 is 4.74 Å². The number of aromatic nitrogens is 1. The van der Waals surface area contributed by atoms with Crippen molar-refractivity contribution >= 4 is 21.6 Å². The first-order chi connectivity index (χ1) is 9.24. The van der Waals surface area contributed by atoms with Gasteiger partial charge in [0.25, 0.3) is 0 Å². The molecule has 0 fully saturated rings. The standard InChI is InChI=1S/C14H9F2NOS/c15-14(16)18-11-7-3-1-5-9(11)13-17-10-6-2-4-8-12(10)19-13/h1-8,14H. The lowest BCUT2D eigenvalue weighted by atomic mass is 10.2. The summed E-state index contributed by atoms with van der Waals surface area (Å²) in [5, 5.41) is 0.678. The van der Waals surface area contributed by atoms with E-state index in [-0.39, 0.29) is 5.75 Å². The van der Waals surface area contributed by atoms with E-state index in [0.717, 1.165) is 10.2 Å². The van der Waals surface area contributed by atoms with E-state index in [1.54, 1.807) is 18.2 Å². The van der Waals surface area contributed by atoms with Gasteiger partial charge in [-0.05, 0) is 24.3 Å². The summed E-state index contributed by atoms with van der Waals surface area (Å²) in [6, 6.07) is 14.4. The van der Waals surface area contributed by atoms with E-state index in [2.05, 4.69) is 9.72 Å². The highest BCUT2D eigenvalue weighted by molar-refractivity contribution is 7.21. The molecule has 0 aliphatic heterocycles. The minimum Gasteiger partial charge on any atom is -0.434 e. The smallest absolute Gasteiger partial charge is 0.387 e. The van der Waals surface area contributed by atoms with E-state index in [1.165, 1.54) is 17.4 Å². The fourth-order valence-corrected chi connectivity index (χ4v) is 2.83. The number of halogens is 2. The zero-order valence-corrected chi connectivity index (χ0v) is 10.5. The van der Waals surface area contributed by atoms with Gasteiger partial charge in [0, 0.05) is 0 Å². The van der Waals surface area contributed by atoms with Crippen LogP contribution in [0.25, 0.3) is 20.8 Å². The van der Waals surface area contributed by atoms with Gasteiger partial charge >= 0.3 is 6.61 Å². The molecule has 19 heavy (non-hydrogen) atoms. The molecule has 96 valence electrons. The highest BCUT2D eigenvalue weighted by Crippen LogP contribution is 2.35. The van der Waals surface area contributed by atoms with Gasteiger partial charge in [-0.15, -0.1) is 11.3 Å². The second-order valence-corrected chi connectivity index (χ2v) is 4.89. The molecule has 0 amide bonds. The van der Waals surface area contributed by atoms with Crippen LogP contribution in [0.2, 0.25) is 0 Å². The third-order valence-corrected chi connectivity index (χ3v) is 3.70. The van der Waals surface area contributed by atoms with E-state index in [0.29, 0.717) is 10.6 Å². The first-order valence-corrected chi connectivity index (χ1v) is 6.45. The minimum atomic E-state index is -2.84. The van der Waals surface area contributed by atoms with Crippen LogP contribution in [-0.2, 0) is 0 Å². The summed E-state index contributed by atoms with van der Waals surface area (Å²) in [4.78, 5) is 4.44. The normalized spacial score (nSPS) is 11.1. The molecule has 1 heterocycles. The van der Waals surface area contributed by atoms with E-state index in [4.69, 9.17) is 0 Å². The number of alkyl halides is 2. The van der Waals surface area contributed by atoms with Crippen molar-refractivity contribution in [1.29, 1.82) is 0 Å². The Morgan fingerprint density at radius 1 is 1.00 bits per heavy atom. The molecule has 5 heteroatoms. The van der Waals surface area contributed by atoms with Crippen LogP contribution in [0.15, 0.2) is 48.5 Å². The molecule has 0 unspecified atom stereocenters. The van der Waals surface area contributed by atoms with Gasteiger partial charge in [0.15, 0.2) is 0 Å². The number of fused-ring (bicyclic) bond motifs is 1. The van der Waals surface area contributed by atoms with Gasteiger partial charge < -0.3 is 4.74 Å². The Hall–Kier alpha value is -2.01. The van der Waals surface area contributed by atoms with Crippen LogP contribution >= 0.6 is 11.3 Å². The second-order valence-electron chi connectivity index (χ2n) is 3.86. The maximum Gasteiger partial charge on any atom is 0.387 e. The van der Waals surface area contributed by atoms with Gasteiger partial charge in [-0.3, -0.25) is 0 Å². The molecular formula is C14H9F2NOS. The SMILES string of the molecule is FC(F)Oc1ccccc1-c1nc2ccccc2s1. The minimum absolute atomic E-state index is 0.150. The van der Waals surface area contributed by atoms with Crippen LogP contribution in [0.1, 0.15) is 0 Å². The summed E-state index contributed by atoms with van der Waals surface area (Å²) in [7, 11) is 0. The van der Waals surface area contributed by atoms with Crippen LogP contribution in [0, 0.1) is 0 Å². The molecular weight excluding hydrogens is 268 g/mol. The van der Waals surface area contributed by atoms with Gasteiger partial charge in [0.1, 0.15) is 10.8 Å². The Bertz CT molecular complexity index is 678. The fraction of sp³-hybridized carbons (Fsp3) is 0.0714. The number of para-hydroxylation sites is 2. The molecule has 0 saturated carbocycles. The summed E-state index contributed by atoms with van der Waals surface area (Å²) in [6.45, 7) is -2.84. The van der Waals surface area contributed by atoms with Crippen molar-refractivity contribution in [3.8, 4) is 16.3 Å². The highest BCUT2D eigenvalue weighted by atomic mass is 32.1. The van der Waals surface area contributed by atoms with Crippen molar-refractivity contribution in [2.24, 2.45) is 0 Å². The van der Waals surface area contributed by atoms with Gasteiger partial charge in [0.05, 0.1) is 15.8 Å². The molecule has 0 bridgehead atoms. The van der Waals surface area contributed by atoms with E-state index >= 15 is 0 Å². The molecule has 0 aliphatic carbocycles. The lowest BCUT2D eigenvalue weighted by Crippen LogP contribution is -2.02. The highest BCUT2D eigenvalue weighted by Gasteiger charge is 2.13. The predicted molar refractivity (Wildman–Crippen MR) is 71.7 cm³/mol. The molecule has 2 aromatic carbocycles. The van der Waals surface area contributed by atoms with E-state index in [9.17, 15) is 8.78 Å². The molecule has 0 spiro atoms. The van der Waals surface area contributed by atoms with Crippen LogP contribution in [0.3, 0.4) is 0 Å². The topological polar surface area (TPSA) is 22.1 Å². The largest absolute Gasteiger partial charge is 0.434 e. The molecule has 1 aromatic heterocycles. The summed E-state index contributed by atoms with van der Waals surface area (Å²) in [6.07, 6.45) is 0. The Balaban J connectivity index is 2.10. The average Bonchev–Trinajstić information content (AvgIpc) is 2.82. The van der Waals surface area contributed by atoms with Crippen molar-refractivity contribution in [3.05, 3.63) is 48.5 Å². The van der Waals surface area contributed by atoms with Crippen LogP contribution in [0.4, 0.5) is 8.78 Å². The molecule has 0 radical (unpaired) electrons. The molecule has 0 saturated heterocycles. The fourth-order valence-electron chi connectivity index (χ4n) is 1.83. The zero-order valence-electron chi connectivity index (χ0n) is 9.72. The average molecular weight is 277 g/mol. The summed E-state index contributed by atoms with van der Waals surface area (Å²) in [5.41, 5.74) is 1.44. The zero-order chi connectivity index (χ0) is 13.2. The maximum absolute atomic E-state index is 12.4. The summed E-state index contributed by atoms with van der Waals surface area (Å²) in [5.74, 6) is 0.150. The first kappa shape index (κ1) is 12.0. The molecule has 0 atom stereocenters. The van der Waals surface area contributed by atoms with Crippen LogP contribution in [-0.4, -0.2) is 11.6 Å². The quantitative estimate of drug-likeness (QED) is 0.700. The number of hydrogen-bond acceptors (Lipinski definition) is 3. The molecule has 0 N–H and O–H groups in total. The van der Waals surface area contributed by atoms with Crippen molar-refractivity contribution < 1.29 is 13.5 Å². The molecule has 0 aliphatic rings. The Morgan fingerprint density at radius 2 is 1.74 bits per heavy atom. The van der Waals surface area contributed by atoms with Gasteiger partial charge in [-0.1, -0.05) is 24.3 Å². The van der Waals surface area contributed by atoms with E-state index < -0.39 is 6.61 Å². The van der Waals surface area contributed by atoms with Crippen LogP contribution in [0.5, 0.6) is 5.75 Å². The molecule has 3 aromatic rings. The number of ether oxygens (including phenoxy) is 1. The Kier molecular flexibility index (Phi) is 3.13. The Labute approximate surface area is 112 Å². The second kappa shape index (κ2) is 4.93. The first-order valence-electron chi connectivity index (χ1n) is 5.64. The van der Waals surface area contributed by atoms with Gasteiger partial charge in [0.2, 0.25) is 0 Å². The predicted octanol–water partition coefficient (Wildman–Crippen LogP) is 4.56. The van der Waals surface area contributed by atoms with Crippen molar-refractivity contribution in [2.45, 2.75) is 6.61 Å². The number of benzene rings is 2. The maximum atomic E-state index is 12.4.